The molecule has 5 heteroatoms. The SMILES string of the molecule is c1ccc2c(c1)COC21CCN(CCOCCN2CCC3(CC2)OCc2ccccc23)CC1. The van der Waals surface area contributed by atoms with Crippen LogP contribution in [0.3, 0.4) is 0 Å². The maximum atomic E-state index is 6.29. The van der Waals surface area contributed by atoms with E-state index >= 15 is 0 Å². The van der Waals surface area contributed by atoms with Gasteiger partial charge in [0.2, 0.25) is 0 Å². The summed E-state index contributed by atoms with van der Waals surface area (Å²) in [4.78, 5) is 5.07. The number of likely N-dealkylation sites (tertiary alicyclic amines) is 2. The van der Waals surface area contributed by atoms with Crippen LogP contribution in [0.25, 0.3) is 0 Å². The number of nitrogens with zero attached hydrogens (tertiary/aromatic N) is 2. The molecule has 33 heavy (non-hydrogen) atoms. The molecule has 4 heterocycles. The van der Waals surface area contributed by atoms with Gasteiger partial charge in [0, 0.05) is 39.3 Å². The lowest BCUT2D eigenvalue weighted by Crippen LogP contribution is -2.44. The summed E-state index contributed by atoms with van der Waals surface area (Å²) < 4.78 is 18.6. The number of benzene rings is 2. The molecule has 2 fully saturated rings. The number of ether oxygens (including phenoxy) is 3. The molecule has 0 radical (unpaired) electrons. The highest BCUT2D eigenvalue weighted by atomic mass is 16.5. The molecule has 0 amide bonds. The van der Waals surface area contributed by atoms with Gasteiger partial charge in [-0.1, -0.05) is 48.5 Å². The molecular formula is C28H36N2O3. The highest BCUT2D eigenvalue weighted by Gasteiger charge is 2.43. The Balaban J connectivity index is 0.892. The lowest BCUT2D eigenvalue weighted by Gasteiger charge is -2.39. The summed E-state index contributed by atoms with van der Waals surface area (Å²) in [7, 11) is 0. The van der Waals surface area contributed by atoms with Gasteiger partial charge in [0.05, 0.1) is 37.6 Å². The van der Waals surface area contributed by atoms with Gasteiger partial charge in [-0.2, -0.15) is 0 Å². The molecule has 2 spiro atoms. The molecule has 0 bridgehead atoms. The van der Waals surface area contributed by atoms with Gasteiger partial charge < -0.3 is 24.0 Å². The largest absolute Gasteiger partial charge is 0.379 e. The first kappa shape index (κ1) is 21.8. The molecule has 176 valence electrons. The van der Waals surface area contributed by atoms with E-state index in [4.69, 9.17) is 14.2 Å². The van der Waals surface area contributed by atoms with Gasteiger partial charge in [-0.25, -0.2) is 0 Å². The van der Waals surface area contributed by atoms with Crippen LogP contribution in [0.4, 0.5) is 0 Å². The minimum absolute atomic E-state index is 0.0386. The topological polar surface area (TPSA) is 34.2 Å². The fourth-order valence-electron chi connectivity index (χ4n) is 6.36. The second-order valence-corrected chi connectivity index (χ2v) is 10.2. The Bertz CT molecular complexity index is 884. The van der Waals surface area contributed by atoms with Gasteiger partial charge in [0.1, 0.15) is 0 Å². The molecule has 0 atom stereocenters. The molecular weight excluding hydrogens is 412 g/mol. The van der Waals surface area contributed by atoms with Crippen LogP contribution in [-0.2, 0) is 38.6 Å². The van der Waals surface area contributed by atoms with Crippen LogP contribution in [0.1, 0.15) is 47.9 Å². The van der Waals surface area contributed by atoms with Crippen molar-refractivity contribution in [2.24, 2.45) is 0 Å². The van der Waals surface area contributed by atoms with Gasteiger partial charge in [-0.15, -0.1) is 0 Å². The first-order valence-corrected chi connectivity index (χ1v) is 12.7. The Morgan fingerprint density at radius 1 is 0.636 bits per heavy atom. The second kappa shape index (κ2) is 9.12. The van der Waals surface area contributed by atoms with Crippen LogP contribution >= 0.6 is 0 Å². The van der Waals surface area contributed by atoms with Crippen LogP contribution < -0.4 is 0 Å². The van der Waals surface area contributed by atoms with Gasteiger partial charge in [-0.3, -0.25) is 0 Å². The number of hydrogen-bond donors (Lipinski definition) is 0. The average Bonchev–Trinajstić information content (AvgIpc) is 3.41. The maximum Gasteiger partial charge on any atom is 0.0963 e. The van der Waals surface area contributed by atoms with Crippen LogP contribution in [0, 0.1) is 0 Å². The second-order valence-electron chi connectivity index (χ2n) is 10.2. The van der Waals surface area contributed by atoms with Crippen LogP contribution in [-0.4, -0.2) is 62.3 Å². The van der Waals surface area contributed by atoms with Crippen molar-refractivity contribution in [3.8, 4) is 0 Å². The minimum atomic E-state index is -0.0386. The van der Waals surface area contributed by atoms with Crippen LogP contribution in [0.2, 0.25) is 0 Å². The summed E-state index contributed by atoms with van der Waals surface area (Å²) in [6, 6.07) is 17.5. The van der Waals surface area contributed by atoms with E-state index in [0.717, 1.165) is 91.4 Å². The van der Waals surface area contributed by atoms with Crippen molar-refractivity contribution < 1.29 is 14.2 Å². The van der Waals surface area contributed by atoms with E-state index in [1.165, 1.54) is 22.3 Å². The molecule has 0 unspecified atom stereocenters. The number of hydrogen-bond acceptors (Lipinski definition) is 5. The molecule has 6 rings (SSSR count). The van der Waals surface area contributed by atoms with Gasteiger partial charge in [0.15, 0.2) is 0 Å². The van der Waals surface area contributed by atoms with E-state index in [9.17, 15) is 0 Å². The Morgan fingerprint density at radius 3 is 1.52 bits per heavy atom. The third kappa shape index (κ3) is 4.15. The average molecular weight is 449 g/mol. The highest BCUT2D eigenvalue weighted by molar-refractivity contribution is 5.36. The molecule has 5 nitrogen and oxygen atoms in total. The molecule has 0 aromatic heterocycles. The molecule has 0 N–H and O–H groups in total. The van der Waals surface area contributed by atoms with Crippen molar-refractivity contribution in [3.05, 3.63) is 70.8 Å². The lowest BCUT2D eigenvalue weighted by molar-refractivity contribution is -0.0839. The monoisotopic (exact) mass is 448 g/mol. The van der Waals surface area contributed by atoms with E-state index in [1.54, 1.807) is 0 Å². The third-order valence-corrected chi connectivity index (χ3v) is 8.46. The molecule has 2 saturated heterocycles. The first-order chi connectivity index (χ1) is 16.3. The summed E-state index contributed by atoms with van der Waals surface area (Å²) in [5.74, 6) is 0. The maximum absolute atomic E-state index is 6.29. The summed E-state index contributed by atoms with van der Waals surface area (Å²) in [6.07, 6.45) is 4.35. The molecule has 2 aromatic rings. The Kier molecular flexibility index (Phi) is 6.01. The Hall–Kier alpha value is -1.76. The van der Waals surface area contributed by atoms with E-state index in [1.807, 2.05) is 0 Å². The smallest absolute Gasteiger partial charge is 0.0963 e. The first-order valence-electron chi connectivity index (χ1n) is 12.7. The number of fused-ring (bicyclic) bond motifs is 4. The van der Waals surface area contributed by atoms with Crippen molar-refractivity contribution >= 4 is 0 Å². The van der Waals surface area contributed by atoms with E-state index in [-0.39, 0.29) is 11.2 Å². The highest BCUT2D eigenvalue weighted by Crippen LogP contribution is 2.45. The standard InChI is InChI=1S/C28H36N2O3/c1-3-7-25-23(5-1)21-32-27(25)9-13-29(14-10-27)17-19-31-20-18-30-15-11-28(12-16-30)26-8-4-2-6-24(26)22-33-28/h1-8H,9-22H2. The van der Waals surface area contributed by atoms with Crippen LogP contribution in [0.5, 0.6) is 0 Å². The van der Waals surface area contributed by atoms with Crippen molar-refractivity contribution in [1.29, 1.82) is 0 Å². The normalized spacial score (nSPS) is 23.8. The third-order valence-electron chi connectivity index (χ3n) is 8.46. The van der Waals surface area contributed by atoms with Crippen molar-refractivity contribution in [2.75, 3.05) is 52.5 Å². The van der Waals surface area contributed by atoms with E-state index in [2.05, 4.69) is 58.3 Å². The zero-order valence-electron chi connectivity index (χ0n) is 19.6. The zero-order chi connectivity index (χ0) is 22.1. The fourth-order valence-corrected chi connectivity index (χ4v) is 6.36. The Labute approximate surface area is 197 Å². The van der Waals surface area contributed by atoms with E-state index < -0.39 is 0 Å². The Morgan fingerprint density at radius 2 is 1.06 bits per heavy atom. The van der Waals surface area contributed by atoms with E-state index in [0.29, 0.717) is 0 Å². The van der Waals surface area contributed by atoms with Crippen molar-refractivity contribution in [1.82, 2.24) is 9.80 Å². The number of rotatable bonds is 6. The molecule has 0 aliphatic carbocycles. The molecule has 2 aromatic carbocycles. The van der Waals surface area contributed by atoms with Crippen molar-refractivity contribution in [3.63, 3.8) is 0 Å². The summed E-state index contributed by atoms with van der Waals surface area (Å²) in [6.45, 7) is 9.58. The molecule has 4 aliphatic rings. The number of piperidine rings is 2. The summed E-state index contributed by atoms with van der Waals surface area (Å²) >= 11 is 0. The predicted molar refractivity (Wildman–Crippen MR) is 128 cm³/mol. The summed E-state index contributed by atoms with van der Waals surface area (Å²) in [5.41, 5.74) is 5.53. The zero-order valence-corrected chi connectivity index (χ0v) is 19.6. The van der Waals surface area contributed by atoms with Gasteiger partial charge in [-0.05, 0) is 47.9 Å². The fraction of sp³-hybridized carbons (Fsp3) is 0.571. The molecule has 4 aliphatic heterocycles. The van der Waals surface area contributed by atoms with Crippen LogP contribution in [0.15, 0.2) is 48.5 Å². The van der Waals surface area contributed by atoms with Gasteiger partial charge >= 0.3 is 0 Å². The quantitative estimate of drug-likeness (QED) is 0.623. The van der Waals surface area contributed by atoms with Crippen molar-refractivity contribution in [2.45, 2.75) is 50.1 Å². The summed E-state index contributed by atoms with van der Waals surface area (Å²) in [5, 5.41) is 0. The minimum Gasteiger partial charge on any atom is -0.379 e. The lowest BCUT2D eigenvalue weighted by atomic mass is 9.84. The molecule has 0 saturated carbocycles. The predicted octanol–water partition coefficient (Wildman–Crippen LogP) is 4.05. The van der Waals surface area contributed by atoms with Gasteiger partial charge in [0.25, 0.3) is 0 Å².